The number of aryl methyl sites for hydroxylation is 2. The zero-order chi connectivity index (χ0) is 19.7. The summed E-state index contributed by atoms with van der Waals surface area (Å²) in [5.41, 5.74) is 3.76. The minimum Gasteiger partial charge on any atom is -0.449 e. The van der Waals surface area contributed by atoms with Crippen LogP contribution < -0.4 is 5.32 Å². The van der Waals surface area contributed by atoms with Crippen molar-refractivity contribution in [2.75, 3.05) is 0 Å². The Morgan fingerprint density at radius 3 is 2.71 bits per heavy atom. The standard InChI is InChI=1S/C23H23NO4/c1-14-17-10-5-6-13-20(17)28-21(14)23(26)27-15(2)22(25)24-19-12-7-9-16-8-3-4-11-18(16)19/h3-6,8,10-11,13,15,19H,7,9,12H2,1-2H3,(H,24,25)/t15-,19+/m0/s1. The van der Waals surface area contributed by atoms with Crippen LogP contribution in [0.1, 0.15) is 53.1 Å². The number of para-hydroxylation sites is 1. The molecule has 1 aromatic heterocycles. The number of fused-ring (bicyclic) bond motifs is 2. The fraction of sp³-hybridized carbons (Fsp3) is 0.304. The highest BCUT2D eigenvalue weighted by Gasteiger charge is 2.27. The monoisotopic (exact) mass is 377 g/mol. The van der Waals surface area contributed by atoms with Crippen molar-refractivity contribution < 1.29 is 18.7 Å². The maximum Gasteiger partial charge on any atom is 0.375 e. The number of rotatable bonds is 4. The van der Waals surface area contributed by atoms with Crippen LogP contribution in [-0.2, 0) is 16.0 Å². The van der Waals surface area contributed by atoms with Crippen molar-refractivity contribution in [3.05, 3.63) is 71.0 Å². The van der Waals surface area contributed by atoms with Gasteiger partial charge < -0.3 is 14.5 Å². The summed E-state index contributed by atoms with van der Waals surface area (Å²) in [7, 11) is 0. The first-order chi connectivity index (χ1) is 13.5. The minimum atomic E-state index is -0.908. The molecule has 1 aliphatic carbocycles. The van der Waals surface area contributed by atoms with Crippen molar-refractivity contribution in [3.63, 3.8) is 0 Å². The highest BCUT2D eigenvalue weighted by Crippen LogP contribution is 2.30. The number of hydrogen-bond donors (Lipinski definition) is 1. The molecular formula is C23H23NO4. The molecule has 0 bridgehead atoms. The molecule has 0 saturated carbocycles. The molecule has 0 saturated heterocycles. The number of carbonyl (C=O) groups is 2. The van der Waals surface area contributed by atoms with Gasteiger partial charge >= 0.3 is 5.97 Å². The van der Waals surface area contributed by atoms with Gasteiger partial charge in [0.05, 0.1) is 6.04 Å². The molecule has 144 valence electrons. The second-order valence-electron chi connectivity index (χ2n) is 7.25. The Morgan fingerprint density at radius 1 is 1.14 bits per heavy atom. The van der Waals surface area contributed by atoms with E-state index >= 15 is 0 Å². The van der Waals surface area contributed by atoms with E-state index in [4.69, 9.17) is 9.15 Å². The number of hydrogen-bond acceptors (Lipinski definition) is 4. The second kappa shape index (κ2) is 7.50. The number of furan rings is 1. The summed E-state index contributed by atoms with van der Waals surface area (Å²) in [5, 5.41) is 3.89. The second-order valence-corrected chi connectivity index (χ2v) is 7.25. The first kappa shape index (κ1) is 18.3. The normalized spacial score (nSPS) is 17.0. The molecule has 1 aliphatic rings. The van der Waals surface area contributed by atoms with Crippen molar-refractivity contribution in [1.29, 1.82) is 0 Å². The molecule has 5 nitrogen and oxygen atoms in total. The predicted octanol–water partition coefficient (Wildman–Crippen LogP) is 4.48. The molecule has 3 aromatic rings. The Labute approximate surface area is 163 Å². The Morgan fingerprint density at radius 2 is 1.89 bits per heavy atom. The van der Waals surface area contributed by atoms with Crippen LogP contribution >= 0.6 is 0 Å². The molecule has 1 amide bonds. The molecule has 28 heavy (non-hydrogen) atoms. The third-order valence-electron chi connectivity index (χ3n) is 5.37. The lowest BCUT2D eigenvalue weighted by Gasteiger charge is -2.27. The third-order valence-corrected chi connectivity index (χ3v) is 5.37. The molecular weight excluding hydrogens is 354 g/mol. The van der Waals surface area contributed by atoms with E-state index in [-0.39, 0.29) is 17.7 Å². The Balaban J connectivity index is 1.45. The van der Waals surface area contributed by atoms with Crippen LogP contribution in [0.25, 0.3) is 11.0 Å². The van der Waals surface area contributed by atoms with Crippen molar-refractivity contribution >= 4 is 22.8 Å². The Kier molecular flexibility index (Phi) is 4.90. The Bertz CT molecular complexity index is 1040. The fourth-order valence-corrected chi connectivity index (χ4v) is 3.83. The molecule has 0 unspecified atom stereocenters. The molecule has 1 heterocycles. The van der Waals surface area contributed by atoms with Crippen molar-refractivity contribution in [1.82, 2.24) is 5.32 Å². The number of nitrogens with one attached hydrogen (secondary N) is 1. The summed E-state index contributed by atoms with van der Waals surface area (Å²) in [6.07, 6.45) is 2.02. The molecule has 1 N–H and O–H groups in total. The van der Waals surface area contributed by atoms with Gasteiger partial charge in [-0.25, -0.2) is 4.79 Å². The topological polar surface area (TPSA) is 68.5 Å². The average Bonchev–Trinajstić information content (AvgIpc) is 3.05. The van der Waals surface area contributed by atoms with Gasteiger partial charge in [-0.1, -0.05) is 42.5 Å². The van der Waals surface area contributed by atoms with Crippen molar-refractivity contribution in [2.24, 2.45) is 0 Å². The van der Waals surface area contributed by atoms with Crippen LogP contribution in [0.2, 0.25) is 0 Å². The summed E-state index contributed by atoms with van der Waals surface area (Å²) in [4.78, 5) is 25.2. The van der Waals surface area contributed by atoms with Crippen LogP contribution in [-0.4, -0.2) is 18.0 Å². The maximum absolute atomic E-state index is 12.6. The number of benzene rings is 2. The van der Waals surface area contributed by atoms with Gasteiger partial charge in [-0.2, -0.15) is 0 Å². The number of ether oxygens (including phenoxy) is 1. The van der Waals surface area contributed by atoms with E-state index in [1.807, 2.05) is 43.3 Å². The quantitative estimate of drug-likeness (QED) is 0.681. The molecule has 4 rings (SSSR count). The number of esters is 1. The highest BCUT2D eigenvalue weighted by atomic mass is 16.6. The van der Waals surface area contributed by atoms with Gasteiger partial charge in [0.25, 0.3) is 5.91 Å². The van der Waals surface area contributed by atoms with E-state index < -0.39 is 12.1 Å². The first-order valence-electron chi connectivity index (χ1n) is 9.62. The van der Waals surface area contributed by atoms with Gasteiger partial charge in [0.2, 0.25) is 5.76 Å². The van der Waals surface area contributed by atoms with Crippen LogP contribution in [0.4, 0.5) is 0 Å². The van der Waals surface area contributed by atoms with E-state index in [2.05, 4.69) is 11.4 Å². The summed E-state index contributed by atoms with van der Waals surface area (Å²) in [6, 6.07) is 15.5. The molecule has 0 aliphatic heterocycles. The molecule has 0 radical (unpaired) electrons. The SMILES string of the molecule is Cc1c(C(=O)O[C@@H](C)C(=O)N[C@@H]2CCCc3ccccc32)oc2ccccc12. The zero-order valence-electron chi connectivity index (χ0n) is 16.0. The first-order valence-corrected chi connectivity index (χ1v) is 9.62. The highest BCUT2D eigenvalue weighted by molar-refractivity contribution is 5.97. The molecule has 5 heteroatoms. The van der Waals surface area contributed by atoms with E-state index in [0.29, 0.717) is 5.58 Å². The summed E-state index contributed by atoms with van der Waals surface area (Å²) in [6.45, 7) is 3.39. The summed E-state index contributed by atoms with van der Waals surface area (Å²) in [5.74, 6) is -0.784. The minimum absolute atomic E-state index is 0.0495. The van der Waals surface area contributed by atoms with Crippen LogP contribution in [0.3, 0.4) is 0 Å². The lowest BCUT2D eigenvalue weighted by Crippen LogP contribution is -2.39. The molecule has 0 spiro atoms. The summed E-state index contributed by atoms with van der Waals surface area (Å²) < 4.78 is 11.0. The van der Waals surface area contributed by atoms with Crippen molar-refractivity contribution in [2.45, 2.75) is 45.3 Å². The average molecular weight is 377 g/mol. The van der Waals surface area contributed by atoms with E-state index in [0.717, 1.165) is 35.8 Å². The van der Waals surface area contributed by atoms with E-state index in [1.54, 1.807) is 13.0 Å². The van der Waals surface area contributed by atoms with Gasteiger partial charge in [-0.15, -0.1) is 0 Å². The van der Waals surface area contributed by atoms with Crippen LogP contribution in [0.5, 0.6) is 0 Å². The lowest BCUT2D eigenvalue weighted by molar-refractivity contribution is -0.130. The molecule has 2 aromatic carbocycles. The van der Waals surface area contributed by atoms with Crippen molar-refractivity contribution in [3.8, 4) is 0 Å². The molecule has 0 fully saturated rings. The van der Waals surface area contributed by atoms with Gasteiger partial charge in [0, 0.05) is 10.9 Å². The largest absolute Gasteiger partial charge is 0.449 e. The predicted molar refractivity (Wildman–Crippen MR) is 106 cm³/mol. The fourth-order valence-electron chi connectivity index (χ4n) is 3.83. The third kappa shape index (κ3) is 3.40. The number of carbonyl (C=O) groups excluding carboxylic acids is 2. The molecule has 2 atom stereocenters. The zero-order valence-corrected chi connectivity index (χ0v) is 16.0. The number of amides is 1. The maximum atomic E-state index is 12.6. The van der Waals surface area contributed by atoms with E-state index in [9.17, 15) is 9.59 Å². The van der Waals surface area contributed by atoms with Crippen LogP contribution in [0.15, 0.2) is 52.9 Å². The van der Waals surface area contributed by atoms with Gasteiger partial charge in [0.1, 0.15) is 5.58 Å². The van der Waals surface area contributed by atoms with Crippen LogP contribution in [0, 0.1) is 6.92 Å². The van der Waals surface area contributed by atoms with Gasteiger partial charge in [0.15, 0.2) is 6.10 Å². The van der Waals surface area contributed by atoms with E-state index in [1.165, 1.54) is 5.56 Å². The van der Waals surface area contributed by atoms with Gasteiger partial charge in [-0.05, 0) is 50.3 Å². The smallest absolute Gasteiger partial charge is 0.375 e. The Hall–Kier alpha value is -3.08. The van der Waals surface area contributed by atoms with Gasteiger partial charge in [-0.3, -0.25) is 4.79 Å². The summed E-state index contributed by atoms with van der Waals surface area (Å²) >= 11 is 0. The lowest BCUT2D eigenvalue weighted by atomic mass is 9.87.